The number of nitrogens with zero attached hydrogens (tertiary/aromatic N) is 3. The maximum atomic E-state index is 13.8. The van der Waals surface area contributed by atoms with E-state index in [-0.39, 0.29) is 12.6 Å². The lowest BCUT2D eigenvalue weighted by atomic mass is 10.1. The fraction of sp³-hybridized carbons (Fsp3) is 0.412. The zero-order valence-electron chi connectivity index (χ0n) is 12.8. The number of benzene rings is 1. The summed E-state index contributed by atoms with van der Waals surface area (Å²) in [5.41, 5.74) is 1.27. The highest BCUT2D eigenvalue weighted by Gasteiger charge is 2.29. The van der Waals surface area contributed by atoms with Gasteiger partial charge in [0.2, 0.25) is 0 Å². The predicted molar refractivity (Wildman–Crippen MR) is 78.1 cm³/mol. The molecule has 1 aliphatic heterocycles. The fourth-order valence-electron chi connectivity index (χ4n) is 3.05. The molecule has 1 fully saturated rings. The summed E-state index contributed by atoms with van der Waals surface area (Å²) in [6.07, 6.45) is 4.61. The summed E-state index contributed by atoms with van der Waals surface area (Å²) in [6.45, 7) is 0.721. The van der Waals surface area contributed by atoms with Crippen molar-refractivity contribution in [1.82, 2.24) is 14.9 Å². The lowest BCUT2D eigenvalue weighted by Gasteiger charge is -2.28. The monoisotopic (exact) mass is 337 g/mol. The van der Waals surface area contributed by atoms with Crippen LogP contribution in [0, 0.1) is 23.3 Å². The van der Waals surface area contributed by atoms with Crippen molar-refractivity contribution in [2.75, 3.05) is 6.54 Å². The van der Waals surface area contributed by atoms with E-state index < -0.39 is 28.8 Å². The van der Waals surface area contributed by atoms with Gasteiger partial charge in [-0.3, -0.25) is 4.90 Å². The maximum absolute atomic E-state index is 13.8. The van der Waals surface area contributed by atoms with Crippen LogP contribution in [0.25, 0.3) is 0 Å². The first-order chi connectivity index (χ1) is 11.5. The Balaban J connectivity index is 1.55. The molecule has 1 aromatic carbocycles. The molecule has 0 N–H and O–H groups in total. The molecule has 2 aromatic rings. The summed E-state index contributed by atoms with van der Waals surface area (Å²) in [5.74, 6) is -4.09. The molecule has 0 spiro atoms. The molecule has 0 atom stereocenters. The van der Waals surface area contributed by atoms with Crippen molar-refractivity contribution in [2.24, 2.45) is 0 Å². The lowest BCUT2D eigenvalue weighted by molar-refractivity contribution is 0.232. The van der Waals surface area contributed by atoms with E-state index in [1.54, 1.807) is 11.1 Å². The number of hydrogen-bond acceptors (Lipinski definition) is 3. The summed E-state index contributed by atoms with van der Waals surface area (Å²) >= 11 is 0. The molecule has 2 heterocycles. The Kier molecular flexibility index (Phi) is 3.75. The minimum absolute atomic E-state index is 0.198. The van der Waals surface area contributed by atoms with Gasteiger partial charge >= 0.3 is 0 Å². The van der Waals surface area contributed by atoms with E-state index in [1.165, 1.54) is 0 Å². The van der Waals surface area contributed by atoms with Crippen molar-refractivity contribution >= 4 is 0 Å². The van der Waals surface area contributed by atoms with Crippen molar-refractivity contribution in [3.63, 3.8) is 0 Å². The summed E-state index contributed by atoms with van der Waals surface area (Å²) < 4.78 is 54.3. The van der Waals surface area contributed by atoms with Gasteiger partial charge in [0, 0.05) is 61.1 Å². The maximum Gasteiger partial charge on any atom is 0.166 e. The Morgan fingerprint density at radius 1 is 1.08 bits per heavy atom. The predicted octanol–water partition coefficient (Wildman–Crippen LogP) is 3.47. The zero-order chi connectivity index (χ0) is 16.8. The molecule has 0 radical (unpaired) electrons. The van der Waals surface area contributed by atoms with E-state index in [2.05, 4.69) is 9.97 Å². The normalized spacial score (nSPS) is 17.8. The largest absolute Gasteiger partial charge is 0.294 e. The van der Waals surface area contributed by atoms with Gasteiger partial charge < -0.3 is 0 Å². The quantitative estimate of drug-likeness (QED) is 0.634. The van der Waals surface area contributed by atoms with Crippen LogP contribution in [-0.4, -0.2) is 21.4 Å². The second-order valence-electron chi connectivity index (χ2n) is 6.38. The van der Waals surface area contributed by atoms with Crippen LogP contribution in [0.1, 0.15) is 41.4 Å². The van der Waals surface area contributed by atoms with E-state index in [0.717, 1.165) is 29.9 Å². The second kappa shape index (κ2) is 5.81. The van der Waals surface area contributed by atoms with Gasteiger partial charge in [-0.25, -0.2) is 27.5 Å². The first-order valence-electron chi connectivity index (χ1n) is 7.92. The van der Waals surface area contributed by atoms with Gasteiger partial charge in [-0.2, -0.15) is 0 Å². The smallest absolute Gasteiger partial charge is 0.166 e. The van der Waals surface area contributed by atoms with E-state index >= 15 is 0 Å². The molecule has 7 heteroatoms. The topological polar surface area (TPSA) is 29.0 Å². The Morgan fingerprint density at radius 3 is 2.46 bits per heavy atom. The Bertz CT molecular complexity index is 779. The number of halogens is 4. The van der Waals surface area contributed by atoms with Crippen LogP contribution in [0.4, 0.5) is 17.6 Å². The minimum Gasteiger partial charge on any atom is -0.294 e. The second-order valence-corrected chi connectivity index (χ2v) is 6.38. The SMILES string of the molecule is Fc1cc(F)c(F)c(CN2CCc3nc(C4CC4)ncc3C2)c1F. The Morgan fingerprint density at radius 2 is 1.79 bits per heavy atom. The summed E-state index contributed by atoms with van der Waals surface area (Å²) in [7, 11) is 0. The number of aromatic nitrogens is 2. The van der Waals surface area contributed by atoms with Crippen molar-refractivity contribution in [3.8, 4) is 0 Å². The molecule has 4 rings (SSSR count). The van der Waals surface area contributed by atoms with E-state index in [4.69, 9.17) is 0 Å². The highest BCUT2D eigenvalue weighted by atomic mass is 19.2. The van der Waals surface area contributed by atoms with Crippen LogP contribution in [0.3, 0.4) is 0 Å². The molecule has 24 heavy (non-hydrogen) atoms. The highest BCUT2D eigenvalue weighted by Crippen LogP contribution is 2.38. The first kappa shape index (κ1) is 15.5. The van der Waals surface area contributed by atoms with Gasteiger partial charge in [-0.05, 0) is 12.8 Å². The molecule has 1 aromatic heterocycles. The van der Waals surface area contributed by atoms with Crippen molar-refractivity contribution in [3.05, 3.63) is 58.2 Å². The molecule has 0 amide bonds. The number of hydrogen-bond donors (Lipinski definition) is 0. The van der Waals surface area contributed by atoms with Gasteiger partial charge in [-0.1, -0.05) is 0 Å². The van der Waals surface area contributed by atoms with E-state index in [0.29, 0.717) is 25.4 Å². The van der Waals surface area contributed by atoms with E-state index in [1.807, 2.05) is 0 Å². The van der Waals surface area contributed by atoms with Gasteiger partial charge in [0.25, 0.3) is 0 Å². The van der Waals surface area contributed by atoms with Crippen LogP contribution in [0.5, 0.6) is 0 Å². The van der Waals surface area contributed by atoms with Gasteiger partial charge in [-0.15, -0.1) is 0 Å². The van der Waals surface area contributed by atoms with Crippen LogP contribution >= 0.6 is 0 Å². The average molecular weight is 337 g/mol. The fourth-order valence-corrected chi connectivity index (χ4v) is 3.05. The average Bonchev–Trinajstić information content (AvgIpc) is 3.41. The molecule has 0 bridgehead atoms. The molecule has 2 aliphatic rings. The van der Waals surface area contributed by atoms with Crippen molar-refractivity contribution in [1.29, 1.82) is 0 Å². The molecule has 0 unspecified atom stereocenters. The lowest BCUT2D eigenvalue weighted by Crippen LogP contribution is -2.32. The Labute approximate surface area is 136 Å². The standard InChI is InChI=1S/C17H15F4N3/c18-12-5-13(19)16(21)11(15(12)20)8-24-4-3-14-10(7-24)6-22-17(23-14)9-1-2-9/h5-6,9H,1-4,7-8H2. The summed E-state index contributed by atoms with van der Waals surface area (Å²) in [6, 6.07) is 0.229. The van der Waals surface area contributed by atoms with Crippen LogP contribution < -0.4 is 0 Å². The number of fused-ring (bicyclic) bond motifs is 1. The highest BCUT2D eigenvalue weighted by molar-refractivity contribution is 5.25. The third kappa shape index (κ3) is 2.77. The van der Waals surface area contributed by atoms with Crippen LogP contribution in [0.15, 0.2) is 12.3 Å². The zero-order valence-corrected chi connectivity index (χ0v) is 12.8. The van der Waals surface area contributed by atoms with Crippen LogP contribution in [-0.2, 0) is 19.5 Å². The van der Waals surface area contributed by atoms with E-state index in [9.17, 15) is 17.6 Å². The summed E-state index contributed by atoms with van der Waals surface area (Å²) in [5, 5.41) is 0. The molecule has 126 valence electrons. The first-order valence-corrected chi connectivity index (χ1v) is 7.92. The Hall–Kier alpha value is -2.02. The van der Waals surface area contributed by atoms with Gasteiger partial charge in [0.05, 0.1) is 0 Å². The molecule has 1 aliphatic carbocycles. The van der Waals surface area contributed by atoms with Crippen molar-refractivity contribution in [2.45, 2.75) is 38.3 Å². The third-order valence-electron chi connectivity index (χ3n) is 4.56. The number of rotatable bonds is 3. The molecular formula is C17H15F4N3. The molecule has 0 saturated heterocycles. The van der Waals surface area contributed by atoms with Gasteiger partial charge in [0.15, 0.2) is 23.3 Å². The molecule has 1 saturated carbocycles. The summed E-state index contributed by atoms with van der Waals surface area (Å²) in [4.78, 5) is 10.7. The van der Waals surface area contributed by atoms with Crippen molar-refractivity contribution < 1.29 is 17.6 Å². The molecular weight excluding hydrogens is 322 g/mol. The molecule has 3 nitrogen and oxygen atoms in total. The minimum atomic E-state index is -1.38. The van der Waals surface area contributed by atoms with Gasteiger partial charge in [0.1, 0.15) is 5.82 Å². The third-order valence-corrected chi connectivity index (χ3v) is 4.56. The van der Waals surface area contributed by atoms with Crippen LogP contribution in [0.2, 0.25) is 0 Å².